The highest BCUT2D eigenvalue weighted by molar-refractivity contribution is 14.1. The summed E-state index contributed by atoms with van der Waals surface area (Å²) in [5.41, 5.74) is 4.07. The zero-order chi connectivity index (χ0) is 21.6. The molecule has 1 aliphatic rings. The Kier molecular flexibility index (Phi) is 7.93. The summed E-state index contributed by atoms with van der Waals surface area (Å²) in [6.45, 7) is 5.00. The number of hydrogen-bond acceptors (Lipinski definition) is 6. The van der Waals surface area contributed by atoms with Crippen LogP contribution in [0.5, 0.6) is 11.5 Å². The second-order valence-electron chi connectivity index (χ2n) is 6.48. The minimum atomic E-state index is -1.31. The number of rotatable bonds is 8. The van der Waals surface area contributed by atoms with E-state index < -0.39 is 11.7 Å². The van der Waals surface area contributed by atoms with Gasteiger partial charge < -0.3 is 18.9 Å². The van der Waals surface area contributed by atoms with Gasteiger partial charge in [-0.1, -0.05) is 29.8 Å². The Labute approximate surface area is 193 Å². The summed E-state index contributed by atoms with van der Waals surface area (Å²) in [5.74, 6) is -0.563. The molecule has 9 heteroatoms. The van der Waals surface area contributed by atoms with Crippen molar-refractivity contribution in [1.29, 1.82) is 0 Å². The van der Waals surface area contributed by atoms with Gasteiger partial charge >= 0.3 is 0 Å². The van der Waals surface area contributed by atoms with Crippen molar-refractivity contribution in [3.63, 3.8) is 0 Å². The fourth-order valence-electron chi connectivity index (χ4n) is 2.74. The number of carbonyl (C=O) groups excluding carboxylic acids is 1. The summed E-state index contributed by atoms with van der Waals surface area (Å²) in [4.78, 5) is 12.2. The topological polar surface area (TPSA) is 78.4 Å². The van der Waals surface area contributed by atoms with Crippen LogP contribution in [0, 0.1) is 3.57 Å². The molecule has 0 radical (unpaired) electrons. The van der Waals surface area contributed by atoms with Gasteiger partial charge in [0.05, 0.1) is 29.6 Å². The van der Waals surface area contributed by atoms with Crippen molar-refractivity contribution in [2.75, 3.05) is 19.8 Å². The number of hydrazone groups is 1. The minimum Gasteiger partial charge on any atom is -0.490 e. The quantitative estimate of drug-likeness (QED) is 0.307. The smallest absolute Gasteiger partial charge is 0.300 e. The van der Waals surface area contributed by atoms with E-state index in [0.717, 1.165) is 14.7 Å². The number of ether oxygens (including phenoxy) is 4. The molecule has 30 heavy (non-hydrogen) atoms. The number of amides is 1. The highest BCUT2D eigenvalue weighted by Crippen LogP contribution is 2.35. The van der Waals surface area contributed by atoms with E-state index in [1.54, 1.807) is 13.0 Å². The molecule has 7 nitrogen and oxygen atoms in total. The van der Waals surface area contributed by atoms with Crippen molar-refractivity contribution in [1.82, 2.24) is 5.43 Å². The number of nitrogens with zero attached hydrogens (tertiary/aromatic N) is 1. The summed E-state index contributed by atoms with van der Waals surface area (Å²) in [6.07, 6.45) is 1.53. The normalized spacial score (nSPS) is 15.3. The molecule has 0 unspecified atom stereocenters. The molecule has 2 aromatic rings. The van der Waals surface area contributed by atoms with Crippen LogP contribution in [0.3, 0.4) is 0 Å². The largest absolute Gasteiger partial charge is 0.490 e. The number of hydrogen-bond donors (Lipinski definition) is 1. The van der Waals surface area contributed by atoms with Crippen LogP contribution in [0.4, 0.5) is 0 Å². The maximum Gasteiger partial charge on any atom is 0.300 e. The molecule has 1 fully saturated rings. The molecule has 160 valence electrons. The fourth-order valence-corrected chi connectivity index (χ4v) is 3.71. The first-order valence-electron chi connectivity index (χ1n) is 9.37. The summed E-state index contributed by atoms with van der Waals surface area (Å²) in [5, 5.41) is 4.65. The average molecular weight is 545 g/mol. The number of halogens is 2. The maximum absolute atomic E-state index is 12.2. The lowest BCUT2D eigenvalue weighted by Gasteiger charge is -2.19. The Bertz CT molecular complexity index is 932. The van der Waals surface area contributed by atoms with Crippen LogP contribution in [0.1, 0.15) is 25.0 Å². The van der Waals surface area contributed by atoms with Gasteiger partial charge in [0.15, 0.2) is 11.5 Å². The van der Waals surface area contributed by atoms with E-state index in [1.807, 2.05) is 37.3 Å². The molecule has 0 spiro atoms. The molecule has 2 aromatic carbocycles. The number of carbonyl (C=O) groups is 1. The fraction of sp³-hybridized carbons (Fsp3) is 0.333. The molecule has 0 aromatic heterocycles. The van der Waals surface area contributed by atoms with Gasteiger partial charge in [0.1, 0.15) is 6.61 Å². The first kappa shape index (κ1) is 22.8. The third-order valence-corrected chi connectivity index (χ3v) is 5.46. The second-order valence-corrected chi connectivity index (χ2v) is 8.05. The molecule has 1 aliphatic heterocycles. The number of benzene rings is 2. The van der Waals surface area contributed by atoms with Gasteiger partial charge in [-0.05, 0) is 60.2 Å². The lowest BCUT2D eigenvalue weighted by molar-refractivity contribution is -0.176. The standard InChI is InChI=1S/C21H22ClIN2O5/c1-3-27-18-11-14(12-24-25-20(26)21(2)29-8-9-30-21)10-17(23)19(18)28-13-15-6-4-5-7-16(15)22/h4-7,10-12H,3,8-9,13H2,1-2H3,(H,25,26)/b24-12-. The van der Waals surface area contributed by atoms with Crippen molar-refractivity contribution >= 4 is 46.3 Å². The van der Waals surface area contributed by atoms with E-state index in [4.69, 9.17) is 30.5 Å². The van der Waals surface area contributed by atoms with Crippen LogP contribution in [-0.4, -0.2) is 37.7 Å². The van der Waals surface area contributed by atoms with Gasteiger partial charge in [0, 0.05) is 10.6 Å². The van der Waals surface area contributed by atoms with Crippen molar-refractivity contribution in [2.24, 2.45) is 5.10 Å². The Morgan fingerprint density at radius 2 is 2.03 bits per heavy atom. The zero-order valence-electron chi connectivity index (χ0n) is 16.6. The first-order valence-corrected chi connectivity index (χ1v) is 10.8. The molecule has 1 heterocycles. The van der Waals surface area contributed by atoms with Crippen LogP contribution >= 0.6 is 34.2 Å². The molecule has 0 bridgehead atoms. The molecule has 0 aliphatic carbocycles. The van der Waals surface area contributed by atoms with E-state index in [0.29, 0.717) is 42.9 Å². The average Bonchev–Trinajstić information content (AvgIpc) is 3.17. The van der Waals surface area contributed by atoms with Crippen LogP contribution in [0.2, 0.25) is 5.02 Å². The predicted octanol–water partition coefficient (Wildman–Crippen LogP) is 4.14. The predicted molar refractivity (Wildman–Crippen MR) is 122 cm³/mol. The van der Waals surface area contributed by atoms with Gasteiger partial charge in [-0.25, -0.2) is 5.43 Å². The zero-order valence-corrected chi connectivity index (χ0v) is 19.5. The van der Waals surface area contributed by atoms with Crippen LogP contribution < -0.4 is 14.9 Å². The first-order chi connectivity index (χ1) is 14.4. The molecular formula is C21H22ClIN2O5. The van der Waals surface area contributed by atoms with Crippen LogP contribution in [0.25, 0.3) is 0 Å². The molecule has 3 rings (SSSR count). The molecule has 1 amide bonds. The molecule has 1 saturated heterocycles. The summed E-state index contributed by atoms with van der Waals surface area (Å²) >= 11 is 8.39. The lowest BCUT2D eigenvalue weighted by atomic mass is 10.2. The van der Waals surface area contributed by atoms with E-state index in [2.05, 4.69) is 33.1 Å². The van der Waals surface area contributed by atoms with E-state index in [9.17, 15) is 4.79 Å². The van der Waals surface area contributed by atoms with E-state index >= 15 is 0 Å². The lowest BCUT2D eigenvalue weighted by Crippen LogP contribution is -2.43. The van der Waals surface area contributed by atoms with Gasteiger partial charge in [-0.3, -0.25) is 4.79 Å². The van der Waals surface area contributed by atoms with Crippen LogP contribution in [0.15, 0.2) is 41.5 Å². The summed E-state index contributed by atoms with van der Waals surface area (Å²) in [6, 6.07) is 11.2. The van der Waals surface area contributed by atoms with Crippen molar-refractivity contribution in [3.8, 4) is 11.5 Å². The van der Waals surface area contributed by atoms with Crippen molar-refractivity contribution < 1.29 is 23.7 Å². The Balaban J connectivity index is 1.72. The third kappa shape index (κ3) is 5.63. The number of nitrogens with one attached hydrogen (secondary N) is 1. The Hall–Kier alpha value is -1.88. The monoisotopic (exact) mass is 544 g/mol. The van der Waals surface area contributed by atoms with Gasteiger partial charge in [-0.15, -0.1) is 0 Å². The van der Waals surface area contributed by atoms with Crippen molar-refractivity contribution in [3.05, 3.63) is 56.1 Å². The van der Waals surface area contributed by atoms with E-state index in [-0.39, 0.29) is 0 Å². The molecule has 1 N–H and O–H groups in total. The molecular weight excluding hydrogens is 523 g/mol. The highest BCUT2D eigenvalue weighted by atomic mass is 127. The van der Waals surface area contributed by atoms with Gasteiger partial charge in [0.2, 0.25) is 5.79 Å². The summed E-state index contributed by atoms with van der Waals surface area (Å²) in [7, 11) is 0. The maximum atomic E-state index is 12.2. The second kappa shape index (κ2) is 10.4. The van der Waals surface area contributed by atoms with E-state index in [1.165, 1.54) is 6.21 Å². The third-order valence-electron chi connectivity index (χ3n) is 4.29. The van der Waals surface area contributed by atoms with Gasteiger partial charge in [-0.2, -0.15) is 5.10 Å². The van der Waals surface area contributed by atoms with Crippen molar-refractivity contribution in [2.45, 2.75) is 26.2 Å². The molecule has 0 saturated carbocycles. The SMILES string of the molecule is CCOc1cc(/C=N\NC(=O)C2(C)OCCO2)cc(I)c1OCc1ccccc1Cl. The van der Waals surface area contributed by atoms with Crippen LogP contribution in [-0.2, 0) is 20.9 Å². The molecule has 0 atom stereocenters. The Morgan fingerprint density at radius 3 is 2.73 bits per heavy atom. The van der Waals surface area contributed by atoms with Gasteiger partial charge in [0.25, 0.3) is 5.91 Å². The minimum absolute atomic E-state index is 0.317. The Morgan fingerprint density at radius 1 is 1.30 bits per heavy atom. The highest BCUT2D eigenvalue weighted by Gasteiger charge is 2.39. The summed E-state index contributed by atoms with van der Waals surface area (Å²) < 4.78 is 23.2.